The number of benzene rings is 1. The molecule has 3 rings (SSSR count). The third-order valence-corrected chi connectivity index (χ3v) is 3.21. The maximum atomic E-state index is 12.5. The van der Waals surface area contributed by atoms with Crippen LogP contribution in [0.5, 0.6) is 0 Å². The molecule has 0 atom stereocenters. The summed E-state index contributed by atoms with van der Waals surface area (Å²) in [5.74, 6) is 0.643. The minimum atomic E-state index is -0.104. The lowest BCUT2D eigenvalue weighted by atomic mass is 10.3. The fourth-order valence-electron chi connectivity index (χ4n) is 2.15. The second-order valence-corrected chi connectivity index (χ2v) is 4.73. The van der Waals surface area contributed by atoms with E-state index in [0.717, 1.165) is 11.4 Å². The van der Waals surface area contributed by atoms with Gasteiger partial charge in [-0.15, -0.1) is 0 Å². The van der Waals surface area contributed by atoms with E-state index in [9.17, 15) is 4.79 Å². The molecular weight excluding hydrogens is 266 g/mol. The molecule has 0 aliphatic heterocycles. The molecule has 106 valence electrons. The van der Waals surface area contributed by atoms with Crippen molar-refractivity contribution in [3.05, 3.63) is 72.7 Å². The highest BCUT2D eigenvalue weighted by atomic mass is 16.3. The molecule has 0 fully saturated rings. The Morgan fingerprint density at radius 3 is 2.76 bits per heavy atom. The summed E-state index contributed by atoms with van der Waals surface area (Å²) in [6.45, 7) is 0.422. The molecule has 5 heteroatoms. The van der Waals surface area contributed by atoms with Gasteiger partial charge in [-0.05, 0) is 24.3 Å². The zero-order valence-corrected chi connectivity index (χ0v) is 11.6. The number of aromatic nitrogens is 2. The molecule has 1 amide bonds. The summed E-state index contributed by atoms with van der Waals surface area (Å²) in [7, 11) is 1.74. The van der Waals surface area contributed by atoms with Gasteiger partial charge in [0.2, 0.25) is 0 Å². The maximum Gasteiger partial charge on any atom is 0.272 e. The Hall–Kier alpha value is -2.82. The fraction of sp³-hybridized carbons (Fsp3) is 0.125. The van der Waals surface area contributed by atoms with Gasteiger partial charge in [-0.25, -0.2) is 4.98 Å². The molecule has 0 N–H and O–H groups in total. The van der Waals surface area contributed by atoms with Crippen LogP contribution < -0.4 is 0 Å². The first kappa shape index (κ1) is 13.2. The van der Waals surface area contributed by atoms with Crippen LogP contribution in [0.1, 0.15) is 16.2 Å². The van der Waals surface area contributed by atoms with Crippen molar-refractivity contribution in [3.63, 3.8) is 0 Å². The van der Waals surface area contributed by atoms with Gasteiger partial charge in [-0.1, -0.05) is 18.2 Å². The Morgan fingerprint density at radius 1 is 1.24 bits per heavy atom. The monoisotopic (exact) mass is 281 g/mol. The molecule has 5 nitrogen and oxygen atoms in total. The standard InChI is InChI=1S/C16H15N3O2/c1-18(11-14-8-5-9-21-14)16(20)15-10-17-12-19(15)13-6-3-2-4-7-13/h2-10,12H,11H2,1H3. The number of nitrogens with zero attached hydrogens (tertiary/aromatic N) is 3. The van der Waals surface area contributed by atoms with E-state index in [1.807, 2.05) is 42.5 Å². The first-order valence-electron chi connectivity index (χ1n) is 6.61. The molecule has 0 aliphatic carbocycles. The van der Waals surface area contributed by atoms with E-state index in [1.165, 1.54) is 0 Å². The van der Waals surface area contributed by atoms with Crippen LogP contribution in [0.3, 0.4) is 0 Å². The molecule has 0 bridgehead atoms. The molecule has 1 aromatic carbocycles. The predicted octanol–water partition coefficient (Wildman–Crippen LogP) is 2.74. The Bertz CT molecular complexity index is 717. The third kappa shape index (κ3) is 2.72. The van der Waals surface area contributed by atoms with Crippen LogP contribution in [-0.4, -0.2) is 27.4 Å². The molecule has 0 radical (unpaired) electrons. The third-order valence-electron chi connectivity index (χ3n) is 3.21. The average Bonchev–Trinajstić information content (AvgIpc) is 3.18. The summed E-state index contributed by atoms with van der Waals surface area (Å²) < 4.78 is 7.05. The number of amides is 1. The highest BCUT2D eigenvalue weighted by Crippen LogP contribution is 2.14. The zero-order chi connectivity index (χ0) is 14.7. The summed E-state index contributed by atoms with van der Waals surface area (Å²) in [5.41, 5.74) is 1.43. The van der Waals surface area contributed by atoms with Crippen molar-refractivity contribution in [3.8, 4) is 5.69 Å². The van der Waals surface area contributed by atoms with Crippen molar-refractivity contribution >= 4 is 5.91 Å². The van der Waals surface area contributed by atoms with Crippen molar-refractivity contribution < 1.29 is 9.21 Å². The Kier molecular flexibility index (Phi) is 3.55. The van der Waals surface area contributed by atoms with Gasteiger partial charge in [0, 0.05) is 12.7 Å². The minimum Gasteiger partial charge on any atom is -0.467 e. The number of hydrogen-bond donors (Lipinski definition) is 0. The number of furan rings is 1. The molecule has 0 saturated carbocycles. The van der Waals surface area contributed by atoms with Gasteiger partial charge in [-0.2, -0.15) is 0 Å². The van der Waals surface area contributed by atoms with Gasteiger partial charge in [-0.3, -0.25) is 9.36 Å². The van der Waals surface area contributed by atoms with E-state index in [4.69, 9.17) is 4.42 Å². The Labute approximate surface area is 122 Å². The van der Waals surface area contributed by atoms with Crippen LogP contribution in [0.15, 0.2) is 65.7 Å². The lowest BCUT2D eigenvalue weighted by Crippen LogP contribution is -2.27. The van der Waals surface area contributed by atoms with Gasteiger partial charge >= 0.3 is 0 Å². The van der Waals surface area contributed by atoms with E-state index in [-0.39, 0.29) is 5.91 Å². The van der Waals surface area contributed by atoms with Gasteiger partial charge in [0.25, 0.3) is 5.91 Å². The van der Waals surface area contributed by atoms with Crippen LogP contribution in [0, 0.1) is 0 Å². The number of rotatable bonds is 4. The van der Waals surface area contributed by atoms with Crippen LogP contribution in [0.2, 0.25) is 0 Å². The fourth-order valence-corrected chi connectivity index (χ4v) is 2.15. The van der Waals surface area contributed by atoms with Crippen molar-refractivity contribution in [2.24, 2.45) is 0 Å². The van der Waals surface area contributed by atoms with Gasteiger partial charge in [0.15, 0.2) is 0 Å². The lowest BCUT2D eigenvalue weighted by Gasteiger charge is -2.16. The average molecular weight is 281 g/mol. The Balaban J connectivity index is 1.84. The molecule has 0 saturated heterocycles. The van der Waals surface area contributed by atoms with E-state index < -0.39 is 0 Å². The van der Waals surface area contributed by atoms with E-state index in [0.29, 0.717) is 12.2 Å². The summed E-state index contributed by atoms with van der Waals surface area (Å²) in [4.78, 5) is 18.2. The predicted molar refractivity (Wildman–Crippen MR) is 78.1 cm³/mol. The van der Waals surface area contributed by atoms with Gasteiger partial charge < -0.3 is 9.32 Å². The van der Waals surface area contributed by atoms with E-state index >= 15 is 0 Å². The molecule has 0 aliphatic rings. The summed E-state index contributed by atoms with van der Waals surface area (Å²) in [6, 6.07) is 13.3. The number of para-hydroxylation sites is 1. The van der Waals surface area contributed by atoms with Crippen LogP contribution in [0.4, 0.5) is 0 Å². The normalized spacial score (nSPS) is 10.5. The van der Waals surface area contributed by atoms with Gasteiger partial charge in [0.1, 0.15) is 11.5 Å². The number of carbonyl (C=O) groups is 1. The Morgan fingerprint density at radius 2 is 2.05 bits per heavy atom. The van der Waals surface area contributed by atoms with Crippen LogP contribution in [0.25, 0.3) is 5.69 Å². The van der Waals surface area contributed by atoms with Crippen molar-refractivity contribution in [2.45, 2.75) is 6.54 Å². The van der Waals surface area contributed by atoms with Crippen molar-refractivity contribution in [1.82, 2.24) is 14.5 Å². The molecule has 3 aromatic rings. The molecule has 21 heavy (non-hydrogen) atoms. The molecule has 0 unspecified atom stereocenters. The van der Waals surface area contributed by atoms with Crippen molar-refractivity contribution in [2.75, 3.05) is 7.05 Å². The van der Waals surface area contributed by atoms with E-state index in [1.54, 1.807) is 35.3 Å². The first-order chi connectivity index (χ1) is 10.3. The second-order valence-electron chi connectivity index (χ2n) is 4.73. The molecule has 0 spiro atoms. The number of imidazole rings is 1. The highest BCUT2D eigenvalue weighted by molar-refractivity contribution is 5.92. The largest absolute Gasteiger partial charge is 0.467 e. The number of hydrogen-bond acceptors (Lipinski definition) is 3. The summed E-state index contributed by atoms with van der Waals surface area (Å²) in [6.07, 6.45) is 4.82. The maximum absolute atomic E-state index is 12.5. The molecular formula is C16H15N3O2. The summed E-state index contributed by atoms with van der Waals surface area (Å²) in [5, 5.41) is 0. The quantitative estimate of drug-likeness (QED) is 0.739. The highest BCUT2D eigenvalue weighted by Gasteiger charge is 2.18. The lowest BCUT2D eigenvalue weighted by molar-refractivity contribution is 0.0767. The summed E-state index contributed by atoms with van der Waals surface area (Å²) >= 11 is 0. The van der Waals surface area contributed by atoms with Crippen LogP contribution in [-0.2, 0) is 6.54 Å². The molecule has 2 heterocycles. The van der Waals surface area contributed by atoms with Gasteiger partial charge in [0.05, 0.1) is 25.3 Å². The topological polar surface area (TPSA) is 51.3 Å². The first-order valence-corrected chi connectivity index (χ1v) is 6.61. The number of carbonyl (C=O) groups excluding carboxylic acids is 1. The van der Waals surface area contributed by atoms with Crippen LogP contribution >= 0.6 is 0 Å². The second kappa shape index (κ2) is 5.66. The minimum absolute atomic E-state index is 0.104. The SMILES string of the molecule is CN(Cc1ccco1)C(=O)c1cncn1-c1ccccc1. The van der Waals surface area contributed by atoms with E-state index in [2.05, 4.69) is 4.98 Å². The van der Waals surface area contributed by atoms with Crippen molar-refractivity contribution in [1.29, 1.82) is 0 Å². The zero-order valence-electron chi connectivity index (χ0n) is 11.6. The smallest absolute Gasteiger partial charge is 0.272 e. The molecule has 2 aromatic heterocycles.